The first kappa shape index (κ1) is 14.2. The Bertz CT molecular complexity index is 550. The summed E-state index contributed by atoms with van der Waals surface area (Å²) >= 11 is 0. The van der Waals surface area contributed by atoms with E-state index in [1.807, 2.05) is 56.6 Å². The van der Waals surface area contributed by atoms with Crippen LogP contribution in [0.3, 0.4) is 0 Å². The Labute approximate surface area is 119 Å². The van der Waals surface area contributed by atoms with E-state index in [1.165, 1.54) is 5.56 Å². The molecule has 0 fully saturated rings. The van der Waals surface area contributed by atoms with Gasteiger partial charge in [0.25, 0.3) is 5.91 Å². The highest BCUT2D eigenvalue weighted by atomic mass is 16.1. The van der Waals surface area contributed by atoms with E-state index in [2.05, 4.69) is 15.2 Å². The molecule has 4 nitrogen and oxygen atoms in total. The highest BCUT2D eigenvalue weighted by molar-refractivity contribution is 5.94. The molecule has 0 unspecified atom stereocenters. The summed E-state index contributed by atoms with van der Waals surface area (Å²) in [6, 6.07) is 13.3. The molecular weight excluding hydrogens is 250 g/mol. The summed E-state index contributed by atoms with van der Waals surface area (Å²) in [5, 5.41) is 2.86. The molecular formula is C16H19N3O. The van der Waals surface area contributed by atoms with Crippen molar-refractivity contribution in [2.45, 2.75) is 13.1 Å². The van der Waals surface area contributed by atoms with E-state index in [-0.39, 0.29) is 5.91 Å². The lowest BCUT2D eigenvalue weighted by molar-refractivity contribution is 0.0950. The highest BCUT2D eigenvalue weighted by Crippen LogP contribution is 2.06. The second kappa shape index (κ2) is 6.82. The summed E-state index contributed by atoms with van der Waals surface area (Å²) in [7, 11) is 4.04. The molecule has 0 atom stereocenters. The Kier molecular flexibility index (Phi) is 4.85. The van der Waals surface area contributed by atoms with Gasteiger partial charge in [0.2, 0.25) is 0 Å². The molecule has 0 bridgehead atoms. The van der Waals surface area contributed by atoms with Crippen molar-refractivity contribution in [3.8, 4) is 0 Å². The van der Waals surface area contributed by atoms with Crippen LogP contribution in [0.15, 0.2) is 48.7 Å². The minimum absolute atomic E-state index is 0.0768. The van der Waals surface area contributed by atoms with Gasteiger partial charge in [0.15, 0.2) is 0 Å². The third-order valence-corrected chi connectivity index (χ3v) is 2.87. The monoisotopic (exact) mass is 269 g/mol. The molecule has 104 valence electrons. The number of aromatic nitrogens is 1. The fourth-order valence-corrected chi connectivity index (χ4v) is 1.90. The maximum atomic E-state index is 12.0. The molecule has 2 rings (SSSR count). The average Bonchev–Trinajstić information content (AvgIpc) is 2.46. The summed E-state index contributed by atoms with van der Waals surface area (Å²) in [4.78, 5) is 18.3. The van der Waals surface area contributed by atoms with Gasteiger partial charge < -0.3 is 10.2 Å². The van der Waals surface area contributed by atoms with Gasteiger partial charge in [-0.2, -0.15) is 0 Å². The van der Waals surface area contributed by atoms with Crippen molar-refractivity contribution in [1.29, 1.82) is 0 Å². The number of amides is 1. The van der Waals surface area contributed by atoms with Gasteiger partial charge >= 0.3 is 0 Å². The molecule has 0 spiro atoms. The molecule has 4 heteroatoms. The summed E-state index contributed by atoms with van der Waals surface area (Å²) < 4.78 is 0. The third kappa shape index (κ3) is 4.17. The molecule has 0 aliphatic heterocycles. The lowest BCUT2D eigenvalue weighted by Gasteiger charge is -2.10. The zero-order valence-electron chi connectivity index (χ0n) is 11.8. The van der Waals surface area contributed by atoms with Crippen molar-refractivity contribution in [3.63, 3.8) is 0 Å². The Morgan fingerprint density at radius 2 is 1.90 bits per heavy atom. The first-order valence-electron chi connectivity index (χ1n) is 6.57. The smallest absolute Gasteiger partial charge is 0.251 e. The lowest BCUT2D eigenvalue weighted by atomic mass is 10.1. The largest absolute Gasteiger partial charge is 0.346 e. The van der Waals surface area contributed by atoms with Crippen LogP contribution in [-0.4, -0.2) is 29.9 Å². The first-order chi connectivity index (χ1) is 9.65. The molecule has 0 aliphatic rings. The van der Waals surface area contributed by atoms with Crippen molar-refractivity contribution in [3.05, 3.63) is 65.5 Å². The number of nitrogens with zero attached hydrogens (tertiary/aromatic N) is 2. The van der Waals surface area contributed by atoms with Gasteiger partial charge in [-0.3, -0.25) is 9.78 Å². The molecule has 0 saturated carbocycles. The quantitative estimate of drug-likeness (QED) is 0.904. The van der Waals surface area contributed by atoms with Gasteiger partial charge in [-0.25, -0.2) is 0 Å². The second-order valence-electron chi connectivity index (χ2n) is 4.94. The number of benzene rings is 1. The van der Waals surface area contributed by atoms with Crippen molar-refractivity contribution >= 4 is 5.91 Å². The second-order valence-corrected chi connectivity index (χ2v) is 4.94. The Hall–Kier alpha value is -2.20. The zero-order chi connectivity index (χ0) is 14.4. The van der Waals surface area contributed by atoms with Gasteiger partial charge in [0.1, 0.15) is 0 Å². The first-order valence-corrected chi connectivity index (χ1v) is 6.57. The Morgan fingerprint density at radius 3 is 2.50 bits per heavy atom. The summed E-state index contributed by atoms with van der Waals surface area (Å²) in [6.07, 6.45) is 1.72. The molecule has 1 amide bonds. The van der Waals surface area contributed by atoms with Gasteiger partial charge in [0, 0.05) is 18.3 Å². The normalized spacial score (nSPS) is 10.6. The van der Waals surface area contributed by atoms with Crippen LogP contribution < -0.4 is 5.32 Å². The van der Waals surface area contributed by atoms with Gasteiger partial charge in [-0.15, -0.1) is 0 Å². The van der Waals surface area contributed by atoms with Crippen LogP contribution in [-0.2, 0) is 13.1 Å². The van der Waals surface area contributed by atoms with E-state index >= 15 is 0 Å². The van der Waals surface area contributed by atoms with E-state index in [0.29, 0.717) is 12.1 Å². The van der Waals surface area contributed by atoms with Gasteiger partial charge in [0.05, 0.1) is 12.2 Å². The van der Waals surface area contributed by atoms with Crippen LogP contribution in [0.25, 0.3) is 0 Å². The lowest BCUT2D eigenvalue weighted by Crippen LogP contribution is -2.23. The van der Waals surface area contributed by atoms with Crippen LogP contribution in [0.4, 0.5) is 0 Å². The Morgan fingerprint density at radius 1 is 1.15 bits per heavy atom. The van der Waals surface area contributed by atoms with Crippen LogP contribution in [0.5, 0.6) is 0 Å². The molecule has 1 aromatic carbocycles. The van der Waals surface area contributed by atoms with E-state index in [4.69, 9.17) is 0 Å². The van der Waals surface area contributed by atoms with Crippen molar-refractivity contribution in [1.82, 2.24) is 15.2 Å². The fourth-order valence-electron chi connectivity index (χ4n) is 1.90. The molecule has 1 aromatic heterocycles. The average molecular weight is 269 g/mol. The minimum Gasteiger partial charge on any atom is -0.346 e. The van der Waals surface area contributed by atoms with E-state index < -0.39 is 0 Å². The van der Waals surface area contributed by atoms with Crippen molar-refractivity contribution in [2.75, 3.05) is 14.1 Å². The number of carbonyl (C=O) groups excluding carboxylic acids is 1. The fraction of sp³-hybridized carbons (Fsp3) is 0.250. The highest BCUT2D eigenvalue weighted by Gasteiger charge is 2.05. The summed E-state index contributed by atoms with van der Waals surface area (Å²) in [6.45, 7) is 1.31. The van der Waals surface area contributed by atoms with Crippen LogP contribution in [0.1, 0.15) is 21.6 Å². The zero-order valence-corrected chi connectivity index (χ0v) is 11.8. The molecule has 2 aromatic rings. The molecule has 1 N–H and O–H groups in total. The van der Waals surface area contributed by atoms with Gasteiger partial charge in [-0.05, 0) is 43.9 Å². The predicted molar refractivity (Wildman–Crippen MR) is 79.2 cm³/mol. The number of carbonyl (C=O) groups is 1. The van der Waals surface area contributed by atoms with Gasteiger partial charge in [-0.1, -0.05) is 18.2 Å². The minimum atomic E-state index is -0.0768. The van der Waals surface area contributed by atoms with Crippen molar-refractivity contribution in [2.24, 2.45) is 0 Å². The van der Waals surface area contributed by atoms with Crippen LogP contribution >= 0.6 is 0 Å². The van der Waals surface area contributed by atoms with E-state index in [1.54, 1.807) is 6.20 Å². The van der Waals surface area contributed by atoms with Crippen molar-refractivity contribution < 1.29 is 4.79 Å². The molecule has 1 heterocycles. The maximum absolute atomic E-state index is 12.0. The number of nitrogens with one attached hydrogen (secondary N) is 1. The Balaban J connectivity index is 1.92. The molecule has 0 aliphatic carbocycles. The van der Waals surface area contributed by atoms with E-state index in [0.717, 1.165) is 12.2 Å². The SMILES string of the molecule is CN(C)Cc1ccc(C(=O)NCc2ccccn2)cc1. The predicted octanol–water partition coefficient (Wildman–Crippen LogP) is 2.07. The summed E-state index contributed by atoms with van der Waals surface area (Å²) in [5.41, 5.74) is 2.71. The van der Waals surface area contributed by atoms with Crippen LogP contribution in [0.2, 0.25) is 0 Å². The third-order valence-electron chi connectivity index (χ3n) is 2.87. The molecule has 0 saturated heterocycles. The number of hydrogen-bond acceptors (Lipinski definition) is 3. The topological polar surface area (TPSA) is 45.2 Å². The van der Waals surface area contributed by atoms with Crippen LogP contribution in [0, 0.1) is 0 Å². The summed E-state index contributed by atoms with van der Waals surface area (Å²) in [5.74, 6) is -0.0768. The number of pyridine rings is 1. The molecule has 20 heavy (non-hydrogen) atoms. The number of hydrogen-bond donors (Lipinski definition) is 1. The number of rotatable bonds is 5. The standard InChI is InChI=1S/C16H19N3O/c1-19(2)12-13-6-8-14(9-7-13)16(20)18-11-15-5-3-4-10-17-15/h3-10H,11-12H2,1-2H3,(H,18,20). The van der Waals surface area contributed by atoms with E-state index in [9.17, 15) is 4.79 Å². The maximum Gasteiger partial charge on any atom is 0.251 e. The molecule has 0 radical (unpaired) electrons.